The highest BCUT2D eigenvalue weighted by atomic mass is 79.9. The molecule has 0 bridgehead atoms. The predicted molar refractivity (Wildman–Crippen MR) is 81.4 cm³/mol. The molecule has 1 saturated heterocycles. The summed E-state index contributed by atoms with van der Waals surface area (Å²) in [5.74, 6) is 0. The Hall–Kier alpha value is -1.19. The van der Waals surface area contributed by atoms with Gasteiger partial charge in [0.15, 0.2) is 0 Å². The quantitative estimate of drug-likeness (QED) is 0.940. The van der Waals surface area contributed by atoms with Gasteiger partial charge >= 0.3 is 0 Å². The van der Waals surface area contributed by atoms with Gasteiger partial charge in [-0.2, -0.15) is 0 Å². The van der Waals surface area contributed by atoms with E-state index in [0.29, 0.717) is 0 Å². The number of hydrogen-bond acceptors (Lipinski definition) is 2. The summed E-state index contributed by atoms with van der Waals surface area (Å²) >= 11 is 3.50. The molecule has 0 spiro atoms. The first-order valence-electron chi connectivity index (χ1n) is 6.55. The Labute approximate surface area is 122 Å². The van der Waals surface area contributed by atoms with Gasteiger partial charge in [-0.3, -0.25) is 4.98 Å². The molecule has 0 unspecified atom stereocenters. The maximum Gasteiger partial charge on any atom is 0.0410 e. The third kappa shape index (κ3) is 2.58. The molecule has 3 heteroatoms. The molecular formula is C16H17BrN2. The largest absolute Gasteiger partial charge is 0.315 e. The zero-order valence-corrected chi connectivity index (χ0v) is 12.6. The average molecular weight is 317 g/mol. The second kappa shape index (κ2) is 5.06. The molecule has 2 aromatic rings. The van der Waals surface area contributed by atoms with Crippen molar-refractivity contribution in [3.63, 3.8) is 0 Å². The summed E-state index contributed by atoms with van der Waals surface area (Å²) in [6.07, 6.45) is 4.85. The van der Waals surface area contributed by atoms with Crippen molar-refractivity contribution in [1.82, 2.24) is 10.3 Å². The van der Waals surface area contributed by atoms with E-state index in [1.165, 1.54) is 16.7 Å². The molecule has 1 N–H and O–H groups in total. The number of aryl methyl sites for hydroxylation is 1. The molecule has 2 nitrogen and oxygen atoms in total. The minimum Gasteiger partial charge on any atom is -0.315 e. The lowest BCUT2D eigenvalue weighted by atomic mass is 9.71. The first kappa shape index (κ1) is 12.8. The average Bonchev–Trinajstić information content (AvgIpc) is 2.34. The number of halogens is 1. The monoisotopic (exact) mass is 316 g/mol. The third-order valence-electron chi connectivity index (χ3n) is 3.86. The van der Waals surface area contributed by atoms with Crippen molar-refractivity contribution < 1.29 is 0 Å². The normalized spacial score (nSPS) is 16.9. The van der Waals surface area contributed by atoms with Crippen molar-refractivity contribution in [3.05, 3.63) is 63.9 Å². The topological polar surface area (TPSA) is 24.9 Å². The summed E-state index contributed by atoms with van der Waals surface area (Å²) in [5, 5.41) is 3.42. The van der Waals surface area contributed by atoms with Gasteiger partial charge in [-0.05, 0) is 46.5 Å². The molecule has 98 valence electrons. The zero-order valence-electron chi connectivity index (χ0n) is 11.0. The van der Waals surface area contributed by atoms with Crippen LogP contribution in [-0.4, -0.2) is 18.1 Å². The van der Waals surface area contributed by atoms with Crippen LogP contribution in [0.4, 0.5) is 0 Å². The number of aromatic nitrogens is 1. The SMILES string of the molecule is Cc1cccc(C2(Cc3cncc(Br)c3)CNC2)c1. The van der Waals surface area contributed by atoms with Gasteiger partial charge in [-0.1, -0.05) is 29.8 Å². The van der Waals surface area contributed by atoms with Crippen LogP contribution in [0.5, 0.6) is 0 Å². The highest BCUT2D eigenvalue weighted by Crippen LogP contribution is 2.33. The Kier molecular flexibility index (Phi) is 3.42. The summed E-state index contributed by atoms with van der Waals surface area (Å²) in [4.78, 5) is 4.27. The molecule has 0 saturated carbocycles. The number of hydrogen-bond donors (Lipinski definition) is 1. The van der Waals surface area contributed by atoms with E-state index in [9.17, 15) is 0 Å². The van der Waals surface area contributed by atoms with Crippen LogP contribution in [0.15, 0.2) is 47.2 Å². The Morgan fingerprint density at radius 3 is 2.74 bits per heavy atom. The Morgan fingerprint density at radius 2 is 2.11 bits per heavy atom. The number of rotatable bonds is 3. The Balaban J connectivity index is 1.91. The van der Waals surface area contributed by atoms with E-state index in [-0.39, 0.29) is 5.41 Å². The van der Waals surface area contributed by atoms with Gasteiger partial charge in [0.1, 0.15) is 0 Å². The molecule has 1 fully saturated rings. The van der Waals surface area contributed by atoms with E-state index in [4.69, 9.17) is 0 Å². The molecule has 1 aromatic carbocycles. The van der Waals surface area contributed by atoms with Gasteiger partial charge in [-0.15, -0.1) is 0 Å². The second-order valence-corrected chi connectivity index (χ2v) is 6.36. The van der Waals surface area contributed by atoms with Crippen molar-refractivity contribution in [2.75, 3.05) is 13.1 Å². The zero-order chi connectivity index (χ0) is 13.3. The Morgan fingerprint density at radius 1 is 1.26 bits per heavy atom. The van der Waals surface area contributed by atoms with Crippen LogP contribution in [0.25, 0.3) is 0 Å². The minimum absolute atomic E-state index is 0.231. The highest BCUT2D eigenvalue weighted by molar-refractivity contribution is 9.10. The second-order valence-electron chi connectivity index (χ2n) is 5.44. The fraction of sp³-hybridized carbons (Fsp3) is 0.312. The lowest BCUT2D eigenvalue weighted by Crippen LogP contribution is -2.58. The van der Waals surface area contributed by atoms with Crippen molar-refractivity contribution in [1.29, 1.82) is 0 Å². The lowest BCUT2D eigenvalue weighted by Gasteiger charge is -2.43. The summed E-state index contributed by atoms with van der Waals surface area (Å²) < 4.78 is 1.05. The van der Waals surface area contributed by atoms with E-state index in [2.05, 4.69) is 63.5 Å². The van der Waals surface area contributed by atoms with Crippen LogP contribution in [0.2, 0.25) is 0 Å². The van der Waals surface area contributed by atoms with Crippen LogP contribution in [0.1, 0.15) is 16.7 Å². The molecule has 1 aliphatic heterocycles. The van der Waals surface area contributed by atoms with Gasteiger partial charge in [0.25, 0.3) is 0 Å². The maximum atomic E-state index is 4.27. The van der Waals surface area contributed by atoms with E-state index in [0.717, 1.165) is 24.0 Å². The summed E-state index contributed by atoms with van der Waals surface area (Å²) in [5.41, 5.74) is 4.29. The van der Waals surface area contributed by atoms with Gasteiger partial charge in [0.05, 0.1) is 0 Å². The smallest absolute Gasteiger partial charge is 0.0410 e. The van der Waals surface area contributed by atoms with Crippen LogP contribution < -0.4 is 5.32 Å². The van der Waals surface area contributed by atoms with Crippen molar-refractivity contribution in [2.24, 2.45) is 0 Å². The highest BCUT2D eigenvalue weighted by Gasteiger charge is 2.38. The van der Waals surface area contributed by atoms with Crippen molar-refractivity contribution in [3.8, 4) is 0 Å². The first-order chi connectivity index (χ1) is 9.18. The molecule has 1 aromatic heterocycles. The van der Waals surface area contributed by atoms with Gasteiger partial charge in [0, 0.05) is 35.4 Å². The van der Waals surface area contributed by atoms with Gasteiger partial charge in [-0.25, -0.2) is 0 Å². The van der Waals surface area contributed by atoms with E-state index in [1.54, 1.807) is 0 Å². The lowest BCUT2D eigenvalue weighted by molar-refractivity contribution is 0.274. The van der Waals surface area contributed by atoms with Crippen LogP contribution in [-0.2, 0) is 11.8 Å². The summed E-state index contributed by atoms with van der Waals surface area (Å²) in [7, 11) is 0. The Bertz CT molecular complexity index is 591. The fourth-order valence-electron chi connectivity index (χ4n) is 2.78. The predicted octanol–water partition coefficient (Wildman–Crippen LogP) is 3.24. The van der Waals surface area contributed by atoms with Gasteiger partial charge in [0.2, 0.25) is 0 Å². The first-order valence-corrected chi connectivity index (χ1v) is 7.35. The molecule has 0 radical (unpaired) electrons. The van der Waals surface area contributed by atoms with Crippen LogP contribution in [0, 0.1) is 6.92 Å². The number of pyridine rings is 1. The maximum absolute atomic E-state index is 4.27. The summed E-state index contributed by atoms with van der Waals surface area (Å²) in [6.45, 7) is 4.25. The summed E-state index contributed by atoms with van der Waals surface area (Å²) in [6, 6.07) is 11.0. The number of nitrogens with one attached hydrogen (secondary N) is 1. The standard InChI is InChI=1S/C16H17BrN2/c1-12-3-2-4-14(5-12)16(10-19-11-16)7-13-6-15(17)9-18-8-13/h2-6,8-9,19H,7,10-11H2,1H3. The van der Waals surface area contributed by atoms with Crippen LogP contribution >= 0.6 is 15.9 Å². The van der Waals surface area contributed by atoms with Crippen molar-refractivity contribution >= 4 is 15.9 Å². The molecule has 19 heavy (non-hydrogen) atoms. The number of nitrogens with zero attached hydrogens (tertiary/aromatic N) is 1. The van der Waals surface area contributed by atoms with Crippen LogP contribution in [0.3, 0.4) is 0 Å². The fourth-order valence-corrected chi connectivity index (χ4v) is 3.19. The van der Waals surface area contributed by atoms with E-state index >= 15 is 0 Å². The minimum atomic E-state index is 0.231. The molecular weight excluding hydrogens is 300 g/mol. The van der Waals surface area contributed by atoms with Crippen molar-refractivity contribution in [2.45, 2.75) is 18.8 Å². The van der Waals surface area contributed by atoms with E-state index < -0.39 is 0 Å². The molecule has 0 aliphatic carbocycles. The molecule has 1 aliphatic rings. The molecule has 2 heterocycles. The number of benzene rings is 1. The van der Waals surface area contributed by atoms with Gasteiger partial charge < -0.3 is 5.32 Å². The molecule has 3 rings (SSSR count). The van der Waals surface area contributed by atoms with E-state index in [1.807, 2.05) is 12.4 Å². The third-order valence-corrected chi connectivity index (χ3v) is 4.29. The molecule has 0 atom stereocenters. The molecule has 0 amide bonds.